The number of carbonyl (C=O) groups excluding carboxylic acids is 2. The maximum Gasteiger partial charge on any atom is 0.417 e. The predicted molar refractivity (Wildman–Crippen MR) is 76.3 cm³/mol. The number of amides is 2. The Balaban J connectivity index is 2.25. The minimum absolute atomic E-state index is 0.196. The molecule has 1 aliphatic heterocycles. The summed E-state index contributed by atoms with van der Waals surface area (Å²) in [7, 11) is 0. The Morgan fingerprint density at radius 1 is 1.30 bits per heavy atom. The molecule has 20 heavy (non-hydrogen) atoms. The molecule has 0 aromatic heterocycles. The average Bonchev–Trinajstić information content (AvgIpc) is 2.80. The van der Waals surface area contributed by atoms with Gasteiger partial charge in [-0.3, -0.25) is 4.79 Å². The largest absolute Gasteiger partial charge is 0.447 e. The number of cyclic esters (lactones) is 1. The highest BCUT2D eigenvalue weighted by molar-refractivity contribution is 5.97. The van der Waals surface area contributed by atoms with E-state index >= 15 is 0 Å². The summed E-state index contributed by atoms with van der Waals surface area (Å²) in [5, 5.41) is 0. The standard InChI is InChI=1S/C16H21NO3/c1-11(12-8-6-5-7-9-12)14(18)17-13(16(2,3)4)10-20-15(17)19/h5-9,11,13H,10H2,1-4H3/t11-,13+/m1/s1. The van der Waals surface area contributed by atoms with E-state index in [1.807, 2.05) is 58.0 Å². The first-order valence-electron chi connectivity index (χ1n) is 6.87. The summed E-state index contributed by atoms with van der Waals surface area (Å²) < 4.78 is 5.08. The van der Waals surface area contributed by atoms with Gasteiger partial charge in [0.1, 0.15) is 6.61 Å². The van der Waals surface area contributed by atoms with E-state index in [2.05, 4.69) is 0 Å². The summed E-state index contributed by atoms with van der Waals surface area (Å²) in [6, 6.07) is 9.27. The van der Waals surface area contributed by atoms with Crippen molar-refractivity contribution >= 4 is 12.0 Å². The smallest absolute Gasteiger partial charge is 0.417 e. The van der Waals surface area contributed by atoms with E-state index in [0.717, 1.165) is 5.56 Å². The maximum atomic E-state index is 12.6. The molecule has 0 aliphatic carbocycles. The first kappa shape index (κ1) is 14.6. The fourth-order valence-corrected chi connectivity index (χ4v) is 2.40. The Morgan fingerprint density at radius 2 is 1.90 bits per heavy atom. The van der Waals surface area contributed by atoms with Gasteiger partial charge < -0.3 is 4.74 Å². The molecule has 1 aromatic carbocycles. The molecular formula is C16H21NO3. The Bertz CT molecular complexity index is 504. The van der Waals surface area contributed by atoms with Crippen LogP contribution in [0.2, 0.25) is 0 Å². The lowest BCUT2D eigenvalue weighted by Gasteiger charge is -2.32. The molecule has 1 aromatic rings. The van der Waals surface area contributed by atoms with E-state index < -0.39 is 6.09 Å². The molecule has 0 spiro atoms. The van der Waals surface area contributed by atoms with Crippen molar-refractivity contribution in [2.45, 2.75) is 39.7 Å². The van der Waals surface area contributed by atoms with Crippen molar-refractivity contribution in [3.05, 3.63) is 35.9 Å². The molecule has 0 unspecified atom stereocenters. The molecule has 2 atom stereocenters. The van der Waals surface area contributed by atoms with E-state index in [-0.39, 0.29) is 29.9 Å². The number of benzene rings is 1. The minimum Gasteiger partial charge on any atom is -0.447 e. The first-order valence-corrected chi connectivity index (χ1v) is 6.87. The van der Waals surface area contributed by atoms with E-state index in [4.69, 9.17) is 4.74 Å². The predicted octanol–water partition coefficient (Wildman–Crippen LogP) is 3.18. The summed E-state index contributed by atoms with van der Waals surface area (Å²) >= 11 is 0. The zero-order valence-electron chi connectivity index (χ0n) is 12.4. The van der Waals surface area contributed by atoms with Gasteiger partial charge in [0.05, 0.1) is 12.0 Å². The monoisotopic (exact) mass is 275 g/mol. The van der Waals surface area contributed by atoms with E-state index in [0.29, 0.717) is 0 Å². The van der Waals surface area contributed by atoms with Crippen molar-refractivity contribution in [1.82, 2.24) is 4.90 Å². The second-order valence-electron chi connectivity index (χ2n) is 6.30. The molecule has 4 heteroatoms. The van der Waals surface area contributed by atoms with E-state index in [9.17, 15) is 9.59 Å². The highest BCUT2D eigenvalue weighted by Crippen LogP contribution is 2.32. The fourth-order valence-electron chi connectivity index (χ4n) is 2.40. The number of carbonyl (C=O) groups is 2. The van der Waals surface area contributed by atoms with Crippen LogP contribution in [0.4, 0.5) is 4.79 Å². The summed E-state index contributed by atoms with van der Waals surface area (Å²) in [5.41, 5.74) is 0.711. The second kappa shape index (κ2) is 5.27. The van der Waals surface area contributed by atoms with Gasteiger partial charge in [0.2, 0.25) is 5.91 Å². The summed E-state index contributed by atoms with van der Waals surface area (Å²) in [6.07, 6.45) is -0.530. The highest BCUT2D eigenvalue weighted by Gasteiger charge is 2.45. The van der Waals surface area contributed by atoms with Gasteiger partial charge in [-0.2, -0.15) is 0 Å². The topological polar surface area (TPSA) is 46.6 Å². The van der Waals surface area contributed by atoms with Gasteiger partial charge in [0.25, 0.3) is 0 Å². The van der Waals surface area contributed by atoms with Gasteiger partial charge in [0.15, 0.2) is 0 Å². The second-order valence-corrected chi connectivity index (χ2v) is 6.30. The van der Waals surface area contributed by atoms with Crippen molar-refractivity contribution in [2.24, 2.45) is 5.41 Å². The molecule has 4 nitrogen and oxygen atoms in total. The van der Waals surface area contributed by atoms with Crippen LogP contribution in [0, 0.1) is 5.41 Å². The summed E-state index contributed by atoms with van der Waals surface area (Å²) in [6.45, 7) is 8.12. The highest BCUT2D eigenvalue weighted by atomic mass is 16.6. The normalized spacial score (nSPS) is 20.7. The van der Waals surface area contributed by atoms with Crippen molar-refractivity contribution in [3.8, 4) is 0 Å². The number of nitrogens with zero attached hydrogens (tertiary/aromatic N) is 1. The van der Waals surface area contributed by atoms with Crippen LogP contribution in [0.25, 0.3) is 0 Å². The lowest BCUT2D eigenvalue weighted by atomic mass is 9.86. The van der Waals surface area contributed by atoms with Crippen molar-refractivity contribution in [3.63, 3.8) is 0 Å². The van der Waals surface area contributed by atoms with Crippen molar-refractivity contribution in [2.75, 3.05) is 6.61 Å². The van der Waals surface area contributed by atoms with Crippen molar-refractivity contribution in [1.29, 1.82) is 0 Å². The summed E-state index contributed by atoms with van der Waals surface area (Å²) in [5.74, 6) is -0.551. The quantitative estimate of drug-likeness (QED) is 0.832. The van der Waals surface area contributed by atoms with Gasteiger partial charge in [-0.15, -0.1) is 0 Å². The molecule has 2 rings (SSSR count). The minimum atomic E-state index is -0.530. The molecular weight excluding hydrogens is 254 g/mol. The average molecular weight is 275 g/mol. The third-order valence-electron chi connectivity index (χ3n) is 3.78. The van der Waals surface area contributed by atoms with Crippen LogP contribution in [0.5, 0.6) is 0 Å². The molecule has 0 radical (unpaired) electrons. The van der Waals surface area contributed by atoms with Crippen LogP contribution in [0.3, 0.4) is 0 Å². The maximum absolute atomic E-state index is 12.6. The van der Waals surface area contributed by atoms with Gasteiger partial charge in [-0.05, 0) is 17.9 Å². The molecule has 0 N–H and O–H groups in total. The first-order chi connectivity index (χ1) is 9.32. The number of rotatable bonds is 2. The van der Waals surface area contributed by atoms with Crippen LogP contribution in [0.15, 0.2) is 30.3 Å². The molecule has 1 fully saturated rings. The van der Waals surface area contributed by atoms with Gasteiger partial charge in [0, 0.05) is 0 Å². The molecule has 2 amide bonds. The van der Waals surface area contributed by atoms with E-state index in [1.165, 1.54) is 4.90 Å². The summed E-state index contributed by atoms with van der Waals surface area (Å²) in [4.78, 5) is 25.8. The SMILES string of the molecule is C[C@@H](C(=O)N1C(=O)OC[C@H]1C(C)(C)C)c1ccccc1. The van der Waals surface area contributed by atoms with Gasteiger partial charge in [-0.25, -0.2) is 9.69 Å². The van der Waals surface area contributed by atoms with Crippen LogP contribution in [-0.4, -0.2) is 29.5 Å². The molecule has 1 heterocycles. The third-order valence-corrected chi connectivity index (χ3v) is 3.78. The molecule has 108 valence electrons. The van der Waals surface area contributed by atoms with E-state index in [1.54, 1.807) is 0 Å². The van der Waals surface area contributed by atoms with Crippen LogP contribution in [-0.2, 0) is 9.53 Å². The Morgan fingerprint density at radius 3 is 2.45 bits per heavy atom. The zero-order valence-corrected chi connectivity index (χ0v) is 12.4. The zero-order chi connectivity index (χ0) is 14.9. The Hall–Kier alpha value is -1.84. The lowest BCUT2D eigenvalue weighted by Crippen LogP contribution is -2.47. The molecule has 1 saturated heterocycles. The number of imide groups is 1. The molecule has 1 aliphatic rings. The molecule has 0 bridgehead atoms. The van der Waals surface area contributed by atoms with Crippen LogP contribution >= 0.6 is 0 Å². The van der Waals surface area contributed by atoms with Crippen molar-refractivity contribution < 1.29 is 14.3 Å². The fraction of sp³-hybridized carbons (Fsp3) is 0.500. The van der Waals surface area contributed by atoms with Gasteiger partial charge in [-0.1, -0.05) is 51.1 Å². The Kier molecular flexibility index (Phi) is 3.84. The lowest BCUT2D eigenvalue weighted by molar-refractivity contribution is -0.131. The number of hydrogen-bond donors (Lipinski definition) is 0. The number of ether oxygens (including phenoxy) is 1. The number of hydrogen-bond acceptors (Lipinski definition) is 3. The van der Waals surface area contributed by atoms with Crippen LogP contribution < -0.4 is 0 Å². The molecule has 0 saturated carbocycles. The third kappa shape index (κ3) is 2.69. The van der Waals surface area contributed by atoms with Crippen LogP contribution in [0.1, 0.15) is 39.2 Å². The Labute approximate surface area is 119 Å². The van der Waals surface area contributed by atoms with Gasteiger partial charge >= 0.3 is 6.09 Å².